The maximum Gasteiger partial charge on any atom is 0.126 e. The van der Waals surface area contributed by atoms with Gasteiger partial charge in [0, 0.05) is 39.8 Å². The summed E-state index contributed by atoms with van der Waals surface area (Å²) in [4.78, 5) is 0. The van der Waals surface area contributed by atoms with Crippen molar-refractivity contribution in [3.8, 4) is 33.8 Å². The summed E-state index contributed by atoms with van der Waals surface area (Å²) in [5, 5.41) is 0. The molecule has 0 heterocycles. The summed E-state index contributed by atoms with van der Waals surface area (Å²) in [7, 11) is 3.64. The van der Waals surface area contributed by atoms with Crippen LogP contribution < -0.4 is 15.2 Å². The molecule has 5 aromatic carbocycles. The van der Waals surface area contributed by atoms with Crippen LogP contribution >= 0.6 is 0 Å². The van der Waals surface area contributed by atoms with Gasteiger partial charge in [0.05, 0.1) is 14.2 Å². The van der Waals surface area contributed by atoms with Crippen LogP contribution in [0.4, 0.5) is 5.69 Å². The molecular formula is C53H69NO2. The molecule has 3 nitrogen and oxygen atoms in total. The van der Waals surface area contributed by atoms with Crippen LogP contribution in [0.25, 0.3) is 22.3 Å². The van der Waals surface area contributed by atoms with Crippen molar-refractivity contribution >= 4 is 5.69 Å². The van der Waals surface area contributed by atoms with E-state index in [0.29, 0.717) is 0 Å². The molecule has 0 saturated heterocycles. The Bertz CT molecular complexity index is 2030. The molecule has 0 unspecified atom stereocenters. The van der Waals surface area contributed by atoms with Crippen molar-refractivity contribution in [3.05, 3.63) is 135 Å². The monoisotopic (exact) mass is 752 g/mol. The molecule has 0 aliphatic rings. The Labute approximate surface area is 340 Å². The Hall–Kier alpha value is -4.50. The molecule has 0 aromatic heterocycles. The summed E-state index contributed by atoms with van der Waals surface area (Å²) in [5.74, 6) is 1.93. The highest BCUT2D eigenvalue weighted by Crippen LogP contribution is 2.52. The van der Waals surface area contributed by atoms with E-state index in [9.17, 15) is 0 Å². The number of anilines is 1. The van der Waals surface area contributed by atoms with Gasteiger partial charge in [0.25, 0.3) is 0 Å². The zero-order chi connectivity index (χ0) is 41.7. The van der Waals surface area contributed by atoms with Crippen LogP contribution in [-0.4, -0.2) is 14.2 Å². The van der Waals surface area contributed by atoms with Gasteiger partial charge in [0.15, 0.2) is 0 Å². The fraction of sp³-hybridized carbons (Fsp3) is 0.434. The van der Waals surface area contributed by atoms with Gasteiger partial charge in [-0.15, -0.1) is 0 Å². The molecule has 0 radical (unpaired) electrons. The third kappa shape index (κ3) is 8.15. The predicted molar refractivity (Wildman–Crippen MR) is 242 cm³/mol. The lowest BCUT2D eigenvalue weighted by Crippen LogP contribution is -2.22. The Balaban J connectivity index is 1.88. The Kier molecular flexibility index (Phi) is 11.8. The van der Waals surface area contributed by atoms with Crippen molar-refractivity contribution in [1.82, 2.24) is 0 Å². The summed E-state index contributed by atoms with van der Waals surface area (Å²) in [6, 6.07) is 31.1. The molecule has 0 fully saturated rings. The number of aryl methyl sites for hydroxylation is 1. The minimum absolute atomic E-state index is 0.0103. The average molecular weight is 752 g/mol. The van der Waals surface area contributed by atoms with Gasteiger partial charge in [-0.3, -0.25) is 0 Å². The number of hydrogen-bond acceptors (Lipinski definition) is 3. The Morgan fingerprint density at radius 3 is 1.05 bits per heavy atom. The van der Waals surface area contributed by atoms with Crippen molar-refractivity contribution < 1.29 is 9.47 Å². The van der Waals surface area contributed by atoms with Crippen molar-refractivity contribution in [3.63, 3.8) is 0 Å². The van der Waals surface area contributed by atoms with Crippen LogP contribution in [0, 0.1) is 6.92 Å². The number of ether oxygens (including phenoxy) is 2. The average Bonchev–Trinajstić information content (AvgIpc) is 3.12. The Morgan fingerprint density at radius 1 is 0.464 bits per heavy atom. The van der Waals surface area contributed by atoms with Gasteiger partial charge in [0.1, 0.15) is 11.5 Å². The lowest BCUT2D eigenvalue weighted by Gasteiger charge is -2.35. The summed E-state index contributed by atoms with van der Waals surface area (Å²) in [6.07, 6.45) is 0. The second-order valence-corrected chi connectivity index (χ2v) is 20.1. The fourth-order valence-electron chi connectivity index (χ4n) is 8.76. The smallest absolute Gasteiger partial charge is 0.126 e. The maximum absolute atomic E-state index is 7.56. The largest absolute Gasteiger partial charge is 0.496 e. The van der Waals surface area contributed by atoms with Gasteiger partial charge in [0.2, 0.25) is 0 Å². The molecule has 2 atom stereocenters. The molecule has 0 spiro atoms. The first-order chi connectivity index (χ1) is 25.9. The molecule has 298 valence electrons. The van der Waals surface area contributed by atoms with E-state index >= 15 is 0 Å². The highest BCUT2D eigenvalue weighted by atomic mass is 16.5. The number of nitrogen functional groups attached to an aromatic ring is 1. The molecule has 0 saturated carbocycles. The molecule has 0 aliphatic carbocycles. The van der Waals surface area contributed by atoms with E-state index in [1.807, 2.05) is 14.2 Å². The SMILES string of the molecule is COc1c(C(C)(C)C)cc([C@@H](C)c2cc(C)cc([C@H](C)c3cc(C(C)(C)C)c(OC)c(C(C)(C)C)c3-c3ccccc3)c2N)c(-c2ccccc2)c1C(C)(C)C. The van der Waals surface area contributed by atoms with Crippen LogP contribution in [0.3, 0.4) is 0 Å². The first-order valence-corrected chi connectivity index (χ1v) is 20.5. The van der Waals surface area contributed by atoms with E-state index in [4.69, 9.17) is 15.2 Å². The van der Waals surface area contributed by atoms with E-state index in [-0.39, 0.29) is 33.5 Å². The van der Waals surface area contributed by atoms with Gasteiger partial charge < -0.3 is 15.2 Å². The van der Waals surface area contributed by atoms with E-state index < -0.39 is 0 Å². The molecule has 2 N–H and O–H groups in total. The van der Waals surface area contributed by atoms with Crippen molar-refractivity contribution in [2.45, 2.75) is 137 Å². The highest BCUT2D eigenvalue weighted by Gasteiger charge is 2.36. The maximum atomic E-state index is 7.56. The van der Waals surface area contributed by atoms with Gasteiger partial charge >= 0.3 is 0 Å². The fourth-order valence-corrected chi connectivity index (χ4v) is 8.76. The molecule has 5 rings (SSSR count). The first-order valence-electron chi connectivity index (χ1n) is 20.5. The normalized spacial score (nSPS) is 13.7. The van der Waals surface area contributed by atoms with Crippen molar-refractivity contribution in [2.24, 2.45) is 0 Å². The van der Waals surface area contributed by atoms with E-state index in [2.05, 4.69) is 189 Å². The number of benzene rings is 5. The zero-order valence-corrected chi connectivity index (χ0v) is 37.6. The van der Waals surface area contributed by atoms with Gasteiger partial charge in [-0.05, 0) is 73.1 Å². The molecule has 5 aromatic rings. The van der Waals surface area contributed by atoms with E-state index in [1.165, 1.54) is 61.2 Å². The van der Waals surface area contributed by atoms with Crippen molar-refractivity contribution in [2.75, 3.05) is 20.0 Å². The summed E-state index contributed by atoms with van der Waals surface area (Å²) in [6.45, 7) is 34.4. The highest BCUT2D eigenvalue weighted by molar-refractivity contribution is 5.81. The summed E-state index contributed by atoms with van der Waals surface area (Å²) >= 11 is 0. The van der Waals surface area contributed by atoms with Crippen LogP contribution in [-0.2, 0) is 21.7 Å². The molecule has 0 aliphatic heterocycles. The van der Waals surface area contributed by atoms with Gasteiger partial charge in [-0.1, -0.05) is 187 Å². The van der Waals surface area contributed by atoms with Crippen LogP contribution in [0.15, 0.2) is 84.9 Å². The van der Waals surface area contributed by atoms with Gasteiger partial charge in [-0.25, -0.2) is 0 Å². The topological polar surface area (TPSA) is 44.5 Å². The molecule has 56 heavy (non-hydrogen) atoms. The summed E-state index contributed by atoms with van der Waals surface area (Å²) < 4.78 is 12.7. The summed E-state index contributed by atoms with van der Waals surface area (Å²) in [5.41, 5.74) is 23.5. The molecule has 0 amide bonds. The second kappa shape index (κ2) is 15.4. The molecule has 0 bridgehead atoms. The lowest BCUT2D eigenvalue weighted by atomic mass is 9.71. The van der Waals surface area contributed by atoms with Gasteiger partial charge in [-0.2, -0.15) is 0 Å². The number of rotatable bonds is 8. The van der Waals surface area contributed by atoms with Crippen LogP contribution in [0.1, 0.15) is 159 Å². The molecular weight excluding hydrogens is 683 g/mol. The Morgan fingerprint density at radius 2 is 0.786 bits per heavy atom. The van der Waals surface area contributed by atoms with E-state index in [0.717, 1.165) is 28.3 Å². The quantitative estimate of drug-likeness (QED) is 0.161. The number of nitrogens with two attached hydrogens (primary N) is 1. The standard InChI is InChI=1S/C53H69NO2/c1-32-28-39(33(2)37-30-41(50(4,5)6)48(55-16)45(52(10,11)12)43(37)35-24-20-18-21-25-35)47(54)40(29-32)34(3)38-31-42(51(7,8)9)49(56-17)46(53(13,14)15)44(38)36-26-22-19-23-27-36/h18-31,33-34H,54H2,1-17H3/t33-,34-/m1/s1. The first kappa shape index (κ1) is 42.6. The van der Waals surface area contributed by atoms with Crippen molar-refractivity contribution in [1.29, 1.82) is 0 Å². The minimum Gasteiger partial charge on any atom is -0.496 e. The minimum atomic E-state index is -0.193. The number of hydrogen-bond donors (Lipinski definition) is 1. The molecule has 3 heteroatoms. The van der Waals surface area contributed by atoms with Crippen LogP contribution in [0.5, 0.6) is 11.5 Å². The zero-order valence-electron chi connectivity index (χ0n) is 37.6. The number of methoxy groups -OCH3 is 2. The third-order valence-electron chi connectivity index (χ3n) is 11.5. The third-order valence-corrected chi connectivity index (χ3v) is 11.5. The van der Waals surface area contributed by atoms with Crippen LogP contribution in [0.2, 0.25) is 0 Å². The lowest BCUT2D eigenvalue weighted by molar-refractivity contribution is 0.381. The second-order valence-electron chi connectivity index (χ2n) is 20.1. The predicted octanol–water partition coefficient (Wildman–Crippen LogP) is 14.4. The van der Waals surface area contributed by atoms with E-state index in [1.54, 1.807) is 0 Å².